The fourth-order valence-electron chi connectivity index (χ4n) is 2.44. The van der Waals surface area contributed by atoms with E-state index < -0.39 is 9.84 Å². The number of aromatic nitrogens is 1. The van der Waals surface area contributed by atoms with Gasteiger partial charge in [-0.3, -0.25) is 0 Å². The van der Waals surface area contributed by atoms with Crippen LogP contribution in [0.3, 0.4) is 0 Å². The first-order valence-corrected chi connectivity index (χ1v) is 8.08. The zero-order valence-electron chi connectivity index (χ0n) is 11.4. The Hall–Kier alpha value is -1.83. The number of nitrogens with two attached hydrogens (primary N) is 1. The third-order valence-electron chi connectivity index (χ3n) is 3.45. The third kappa shape index (κ3) is 2.69. The summed E-state index contributed by atoms with van der Waals surface area (Å²) in [6.45, 7) is 4.02. The van der Waals surface area contributed by atoms with E-state index in [0.717, 1.165) is 5.56 Å². The molecule has 2 rings (SSSR count). The lowest BCUT2D eigenvalue weighted by Gasteiger charge is -2.35. The zero-order chi connectivity index (χ0) is 14.9. The minimum Gasteiger partial charge on any atom is -0.409 e. The number of pyridine rings is 1. The van der Waals surface area contributed by atoms with Gasteiger partial charge in [-0.1, -0.05) is 5.16 Å². The average Bonchev–Trinajstić information content (AvgIpc) is 2.36. The summed E-state index contributed by atoms with van der Waals surface area (Å²) in [6, 6.07) is 1.57. The molecule has 110 valence electrons. The van der Waals surface area contributed by atoms with E-state index in [-0.39, 0.29) is 23.4 Å². The van der Waals surface area contributed by atoms with Gasteiger partial charge in [0.25, 0.3) is 0 Å². The fraction of sp³-hybridized carbons (Fsp3) is 0.500. The van der Waals surface area contributed by atoms with Crippen molar-refractivity contribution < 1.29 is 13.6 Å². The Bertz CT molecular complexity index is 642. The van der Waals surface area contributed by atoms with Crippen LogP contribution in [0, 0.1) is 6.92 Å². The van der Waals surface area contributed by atoms with Gasteiger partial charge in [-0.05, 0) is 25.5 Å². The van der Waals surface area contributed by atoms with Crippen molar-refractivity contribution in [1.82, 2.24) is 4.98 Å². The van der Waals surface area contributed by atoms with E-state index in [1.54, 1.807) is 12.3 Å². The van der Waals surface area contributed by atoms with Gasteiger partial charge in [-0.2, -0.15) is 0 Å². The highest BCUT2D eigenvalue weighted by Crippen LogP contribution is 2.25. The van der Waals surface area contributed by atoms with Crippen LogP contribution in [-0.2, 0) is 9.84 Å². The number of oxime groups is 1. The second-order valence-electron chi connectivity index (χ2n) is 4.97. The summed E-state index contributed by atoms with van der Waals surface area (Å²) in [7, 11) is -3.00. The van der Waals surface area contributed by atoms with Crippen molar-refractivity contribution in [3.05, 3.63) is 23.4 Å². The van der Waals surface area contributed by atoms with Crippen molar-refractivity contribution in [2.75, 3.05) is 23.0 Å². The molecule has 1 aliphatic rings. The maximum Gasteiger partial charge on any atom is 0.174 e. The van der Waals surface area contributed by atoms with Gasteiger partial charge < -0.3 is 15.8 Å². The Labute approximate surface area is 118 Å². The molecule has 0 amide bonds. The third-order valence-corrected chi connectivity index (χ3v) is 5.24. The van der Waals surface area contributed by atoms with Crippen LogP contribution in [0.25, 0.3) is 0 Å². The quantitative estimate of drug-likeness (QED) is 0.347. The van der Waals surface area contributed by atoms with Crippen molar-refractivity contribution in [3.63, 3.8) is 0 Å². The molecule has 7 nitrogen and oxygen atoms in total. The predicted octanol–water partition coefficient (Wildman–Crippen LogP) is 0.108. The van der Waals surface area contributed by atoms with Gasteiger partial charge in [0.05, 0.1) is 17.1 Å². The van der Waals surface area contributed by atoms with Crippen molar-refractivity contribution in [3.8, 4) is 0 Å². The average molecular weight is 298 g/mol. The molecule has 2 heterocycles. The van der Waals surface area contributed by atoms with Crippen LogP contribution in [0.15, 0.2) is 17.4 Å². The minimum absolute atomic E-state index is 0.0220. The normalized spacial score (nSPS) is 22.8. The molecule has 0 radical (unpaired) electrons. The van der Waals surface area contributed by atoms with E-state index >= 15 is 0 Å². The molecule has 1 aliphatic heterocycles. The molecule has 1 unspecified atom stereocenters. The predicted molar refractivity (Wildman–Crippen MR) is 76.9 cm³/mol. The Morgan fingerprint density at radius 2 is 2.30 bits per heavy atom. The Kier molecular flexibility index (Phi) is 3.85. The largest absolute Gasteiger partial charge is 0.409 e. The number of anilines is 1. The monoisotopic (exact) mass is 298 g/mol. The SMILES string of the molecule is Cc1ccnc(N2CCS(=O)(=O)CC2C)c1/C(N)=N/O. The lowest BCUT2D eigenvalue weighted by molar-refractivity contribution is 0.318. The number of hydrogen-bond acceptors (Lipinski definition) is 6. The van der Waals surface area contributed by atoms with Crippen LogP contribution in [-0.4, -0.2) is 48.5 Å². The lowest BCUT2D eigenvalue weighted by atomic mass is 10.1. The molecule has 20 heavy (non-hydrogen) atoms. The highest BCUT2D eigenvalue weighted by molar-refractivity contribution is 7.91. The van der Waals surface area contributed by atoms with Crippen LogP contribution < -0.4 is 10.6 Å². The molecule has 1 fully saturated rings. The first-order chi connectivity index (χ1) is 9.35. The molecule has 0 saturated carbocycles. The summed E-state index contributed by atoms with van der Waals surface area (Å²) >= 11 is 0. The molecular formula is C12H18N4O3S. The van der Waals surface area contributed by atoms with Crippen LogP contribution in [0.1, 0.15) is 18.1 Å². The maximum absolute atomic E-state index is 11.6. The Balaban J connectivity index is 2.46. The van der Waals surface area contributed by atoms with Crippen molar-refractivity contribution >= 4 is 21.5 Å². The standard InChI is InChI=1S/C12H18N4O3S/c1-8-3-4-14-12(10(8)11(13)15-17)16-5-6-20(18,19)7-9(16)2/h3-4,9,17H,5-7H2,1-2H3,(H2,13,15). The van der Waals surface area contributed by atoms with Crippen LogP contribution >= 0.6 is 0 Å². The highest BCUT2D eigenvalue weighted by Gasteiger charge is 2.31. The van der Waals surface area contributed by atoms with Gasteiger partial charge in [0.1, 0.15) is 5.82 Å². The first kappa shape index (κ1) is 14.6. The van der Waals surface area contributed by atoms with Gasteiger partial charge in [-0.25, -0.2) is 13.4 Å². The summed E-state index contributed by atoms with van der Waals surface area (Å²) in [5.74, 6) is 0.704. The first-order valence-electron chi connectivity index (χ1n) is 6.26. The number of rotatable bonds is 2. The molecule has 1 aromatic heterocycles. The molecule has 0 bridgehead atoms. The molecule has 1 saturated heterocycles. The maximum atomic E-state index is 11.6. The summed E-state index contributed by atoms with van der Waals surface area (Å²) in [4.78, 5) is 6.18. The van der Waals surface area contributed by atoms with Crippen LogP contribution in [0.2, 0.25) is 0 Å². The van der Waals surface area contributed by atoms with Crippen LogP contribution in [0.4, 0.5) is 5.82 Å². The Morgan fingerprint density at radius 3 is 2.90 bits per heavy atom. The van der Waals surface area contributed by atoms with E-state index in [0.29, 0.717) is 17.9 Å². The van der Waals surface area contributed by atoms with E-state index in [2.05, 4.69) is 10.1 Å². The second kappa shape index (κ2) is 5.28. The number of nitrogens with zero attached hydrogens (tertiary/aromatic N) is 3. The summed E-state index contributed by atoms with van der Waals surface area (Å²) < 4.78 is 23.3. The Morgan fingerprint density at radius 1 is 1.60 bits per heavy atom. The van der Waals surface area contributed by atoms with E-state index in [4.69, 9.17) is 10.9 Å². The smallest absolute Gasteiger partial charge is 0.174 e. The zero-order valence-corrected chi connectivity index (χ0v) is 12.3. The molecule has 8 heteroatoms. The highest BCUT2D eigenvalue weighted by atomic mass is 32.2. The van der Waals surface area contributed by atoms with Gasteiger partial charge in [0.2, 0.25) is 0 Å². The van der Waals surface area contributed by atoms with Gasteiger partial charge in [0, 0.05) is 18.8 Å². The number of hydrogen-bond donors (Lipinski definition) is 2. The number of aryl methyl sites for hydroxylation is 1. The molecule has 0 aliphatic carbocycles. The van der Waals surface area contributed by atoms with Crippen molar-refractivity contribution in [2.45, 2.75) is 19.9 Å². The lowest BCUT2D eigenvalue weighted by Crippen LogP contribution is -2.48. The molecule has 0 spiro atoms. The summed E-state index contributed by atoms with van der Waals surface area (Å²) in [6.07, 6.45) is 1.63. The summed E-state index contributed by atoms with van der Waals surface area (Å²) in [5.41, 5.74) is 7.08. The van der Waals surface area contributed by atoms with E-state index in [1.807, 2.05) is 18.7 Å². The minimum atomic E-state index is -3.00. The van der Waals surface area contributed by atoms with Crippen molar-refractivity contribution in [1.29, 1.82) is 0 Å². The number of sulfone groups is 1. The molecule has 1 atom stereocenters. The summed E-state index contributed by atoms with van der Waals surface area (Å²) in [5, 5.41) is 11.9. The van der Waals surface area contributed by atoms with Crippen LogP contribution in [0.5, 0.6) is 0 Å². The molecular weight excluding hydrogens is 280 g/mol. The topological polar surface area (TPSA) is 109 Å². The number of amidine groups is 1. The van der Waals surface area contributed by atoms with E-state index in [1.165, 1.54) is 0 Å². The fourth-order valence-corrected chi connectivity index (χ4v) is 4.00. The molecule has 0 aromatic carbocycles. The van der Waals surface area contributed by atoms with E-state index in [9.17, 15) is 8.42 Å². The second-order valence-corrected chi connectivity index (χ2v) is 7.20. The van der Waals surface area contributed by atoms with Gasteiger partial charge >= 0.3 is 0 Å². The van der Waals surface area contributed by atoms with Crippen molar-refractivity contribution in [2.24, 2.45) is 10.9 Å². The van der Waals surface area contributed by atoms with Gasteiger partial charge in [0.15, 0.2) is 15.7 Å². The molecule has 1 aromatic rings. The van der Waals surface area contributed by atoms with Gasteiger partial charge in [-0.15, -0.1) is 0 Å². The molecule has 3 N–H and O–H groups in total.